The molecule has 0 aliphatic carbocycles. The Morgan fingerprint density at radius 3 is 2.86 bits per heavy atom. The molecule has 0 spiro atoms. The van der Waals surface area contributed by atoms with Gasteiger partial charge in [0, 0.05) is 42.2 Å². The third-order valence-electron chi connectivity index (χ3n) is 6.28. The molecule has 0 fully saturated rings. The monoisotopic (exact) mass is 506 g/mol. The van der Waals surface area contributed by atoms with Crippen LogP contribution < -0.4 is 15.5 Å². The van der Waals surface area contributed by atoms with Crippen molar-refractivity contribution in [2.45, 2.75) is 71.1 Å². The van der Waals surface area contributed by atoms with Crippen molar-refractivity contribution < 1.29 is 9.59 Å². The summed E-state index contributed by atoms with van der Waals surface area (Å²) in [7, 11) is 0. The predicted molar refractivity (Wildman–Crippen MR) is 141 cm³/mol. The lowest BCUT2D eigenvalue weighted by Crippen LogP contribution is -2.47. The number of imidazole rings is 1. The van der Waals surface area contributed by atoms with Crippen molar-refractivity contribution in [3.63, 3.8) is 0 Å². The number of nitrogens with one attached hydrogen (secondary N) is 2. The molecule has 2 heterocycles. The first-order valence-corrected chi connectivity index (χ1v) is 12.7. The van der Waals surface area contributed by atoms with E-state index in [1.165, 1.54) is 0 Å². The third kappa shape index (κ3) is 5.97. The summed E-state index contributed by atoms with van der Waals surface area (Å²) in [5, 5.41) is 15.4. The van der Waals surface area contributed by atoms with E-state index < -0.39 is 0 Å². The molecule has 1 aliphatic heterocycles. The summed E-state index contributed by atoms with van der Waals surface area (Å²) in [5.74, 6) is 0.654. The van der Waals surface area contributed by atoms with Gasteiger partial charge in [-0.25, -0.2) is 9.78 Å². The lowest BCUT2D eigenvalue weighted by molar-refractivity contribution is -0.119. The molecule has 2 aromatic carbocycles. The third-order valence-corrected chi connectivity index (χ3v) is 6.52. The molecule has 0 bridgehead atoms. The highest BCUT2D eigenvalue weighted by Gasteiger charge is 2.28. The zero-order valence-electron chi connectivity index (χ0n) is 20.6. The van der Waals surface area contributed by atoms with Crippen molar-refractivity contribution in [2.24, 2.45) is 0 Å². The Morgan fingerprint density at radius 2 is 2.08 bits per heavy atom. The Hall–Kier alpha value is -3.57. The van der Waals surface area contributed by atoms with Crippen molar-refractivity contribution in [3.05, 3.63) is 58.9 Å². The molecular formula is C27H31ClN6O2. The number of carbonyl (C=O) groups excluding carboxylic acids is 2. The number of unbranched alkanes of at least 4 members (excludes halogenated alkanes) is 1. The van der Waals surface area contributed by atoms with E-state index >= 15 is 0 Å². The Kier molecular flexibility index (Phi) is 8.11. The van der Waals surface area contributed by atoms with E-state index in [9.17, 15) is 9.59 Å². The normalized spacial score (nSPS) is 15.8. The number of rotatable bonds is 7. The summed E-state index contributed by atoms with van der Waals surface area (Å²) in [6.45, 7) is 4.69. The van der Waals surface area contributed by atoms with Crippen LogP contribution in [0.4, 0.5) is 10.5 Å². The number of amides is 3. The molecule has 3 aromatic rings. The number of aryl methyl sites for hydroxylation is 2. The van der Waals surface area contributed by atoms with Gasteiger partial charge in [0.1, 0.15) is 5.82 Å². The van der Waals surface area contributed by atoms with Crippen LogP contribution >= 0.6 is 11.6 Å². The van der Waals surface area contributed by atoms with Crippen molar-refractivity contribution in [1.82, 2.24) is 20.2 Å². The standard InChI is InChI=1S/C27H31ClN6O2/c1-18(2)30-27(36)31-21-11-9-19-7-3-4-8-23(19)34(26(35)16-21)17-25-32-22-15-20(28)10-12-24(22)33(25)14-6-5-13-29/h3-4,7-8,10,12,15,18,21H,5-6,9,11,14,16-17H2,1-2H3,(H2,30,31,36)/t21-/m0/s1. The number of para-hydroxylation sites is 1. The number of nitrogens with zero attached hydrogens (tertiary/aromatic N) is 4. The van der Waals surface area contributed by atoms with Gasteiger partial charge < -0.3 is 20.1 Å². The van der Waals surface area contributed by atoms with E-state index in [2.05, 4.69) is 21.3 Å². The van der Waals surface area contributed by atoms with E-state index in [4.69, 9.17) is 21.8 Å². The maximum Gasteiger partial charge on any atom is 0.315 e. The van der Waals surface area contributed by atoms with Crippen LogP contribution in [0.15, 0.2) is 42.5 Å². The fraction of sp³-hybridized carbons (Fsp3) is 0.407. The lowest BCUT2D eigenvalue weighted by atomic mass is 9.97. The molecule has 1 aliphatic rings. The van der Waals surface area contributed by atoms with Crippen LogP contribution in [0.5, 0.6) is 0 Å². The zero-order chi connectivity index (χ0) is 25.7. The number of nitriles is 1. The van der Waals surface area contributed by atoms with E-state index in [0.29, 0.717) is 30.8 Å². The molecule has 36 heavy (non-hydrogen) atoms. The Labute approximate surface area is 216 Å². The number of fused-ring (bicyclic) bond motifs is 2. The van der Waals surface area contributed by atoms with Crippen molar-refractivity contribution in [1.29, 1.82) is 5.26 Å². The average molecular weight is 507 g/mol. The van der Waals surface area contributed by atoms with Crippen molar-refractivity contribution in [3.8, 4) is 6.07 Å². The molecule has 1 atom stereocenters. The number of benzene rings is 2. The van der Waals surface area contributed by atoms with Gasteiger partial charge in [-0.05, 0) is 62.9 Å². The summed E-state index contributed by atoms with van der Waals surface area (Å²) in [4.78, 5) is 32.6. The molecule has 0 saturated carbocycles. The molecular weight excluding hydrogens is 476 g/mol. The number of halogens is 1. The van der Waals surface area contributed by atoms with E-state index in [-0.39, 0.29) is 37.0 Å². The molecule has 0 saturated heterocycles. The second kappa shape index (κ2) is 11.4. The van der Waals surface area contributed by atoms with Gasteiger partial charge >= 0.3 is 6.03 Å². The minimum Gasteiger partial charge on any atom is -0.336 e. The van der Waals surface area contributed by atoms with Gasteiger partial charge in [0.15, 0.2) is 0 Å². The van der Waals surface area contributed by atoms with Gasteiger partial charge in [-0.1, -0.05) is 29.8 Å². The van der Waals surface area contributed by atoms with Gasteiger partial charge in [0.2, 0.25) is 5.91 Å². The van der Waals surface area contributed by atoms with E-state index in [1.807, 2.05) is 56.3 Å². The van der Waals surface area contributed by atoms with Crippen LogP contribution in [0, 0.1) is 11.3 Å². The van der Waals surface area contributed by atoms with Gasteiger partial charge in [-0.15, -0.1) is 0 Å². The molecule has 2 N–H and O–H groups in total. The Bertz CT molecular complexity index is 1300. The first-order valence-electron chi connectivity index (χ1n) is 12.3. The molecule has 3 amide bonds. The second-order valence-electron chi connectivity index (χ2n) is 9.40. The van der Waals surface area contributed by atoms with Crippen LogP contribution in [-0.2, 0) is 24.3 Å². The quantitative estimate of drug-likeness (QED) is 0.443. The topological polar surface area (TPSA) is 103 Å². The van der Waals surface area contributed by atoms with Crippen LogP contribution in [-0.4, -0.2) is 33.6 Å². The zero-order valence-corrected chi connectivity index (χ0v) is 21.4. The van der Waals surface area contributed by atoms with Gasteiger partial charge in [-0.2, -0.15) is 5.26 Å². The molecule has 9 heteroatoms. The molecule has 4 rings (SSSR count). The summed E-state index contributed by atoms with van der Waals surface area (Å²) in [6.07, 6.45) is 2.72. The average Bonchev–Trinajstić information content (AvgIpc) is 3.16. The SMILES string of the molecule is CC(C)NC(=O)N[C@H]1CCc2ccccc2N(Cc2nc3cc(Cl)ccc3n2CCCC#N)C(=O)C1. The molecule has 0 unspecified atom stereocenters. The molecule has 8 nitrogen and oxygen atoms in total. The van der Waals surface area contributed by atoms with Gasteiger partial charge in [0.25, 0.3) is 0 Å². The Morgan fingerprint density at radius 1 is 1.28 bits per heavy atom. The molecule has 1 aromatic heterocycles. The maximum atomic E-state index is 13.6. The number of urea groups is 1. The summed E-state index contributed by atoms with van der Waals surface area (Å²) in [6, 6.07) is 15.1. The molecule has 188 valence electrons. The fourth-order valence-electron chi connectivity index (χ4n) is 4.64. The Balaban J connectivity index is 1.67. The van der Waals surface area contributed by atoms with Crippen LogP contribution in [0.2, 0.25) is 5.02 Å². The summed E-state index contributed by atoms with van der Waals surface area (Å²) in [5.41, 5.74) is 3.59. The highest BCUT2D eigenvalue weighted by molar-refractivity contribution is 6.31. The molecule has 0 radical (unpaired) electrons. The van der Waals surface area contributed by atoms with Gasteiger partial charge in [0.05, 0.1) is 23.6 Å². The van der Waals surface area contributed by atoms with Crippen LogP contribution in [0.1, 0.15) is 50.9 Å². The van der Waals surface area contributed by atoms with Crippen molar-refractivity contribution >= 4 is 40.3 Å². The van der Waals surface area contributed by atoms with E-state index in [1.54, 1.807) is 4.90 Å². The van der Waals surface area contributed by atoms with Crippen LogP contribution in [0.25, 0.3) is 11.0 Å². The summed E-state index contributed by atoms with van der Waals surface area (Å²) >= 11 is 6.22. The largest absolute Gasteiger partial charge is 0.336 e. The first-order chi connectivity index (χ1) is 17.4. The maximum absolute atomic E-state index is 13.6. The minimum absolute atomic E-state index is 0.00834. The number of anilines is 1. The number of aromatic nitrogens is 2. The number of hydrogen-bond acceptors (Lipinski definition) is 4. The highest BCUT2D eigenvalue weighted by atomic mass is 35.5. The van der Waals surface area contributed by atoms with Crippen LogP contribution in [0.3, 0.4) is 0 Å². The van der Waals surface area contributed by atoms with Crippen molar-refractivity contribution in [2.75, 3.05) is 4.90 Å². The fourth-order valence-corrected chi connectivity index (χ4v) is 4.81. The lowest BCUT2D eigenvalue weighted by Gasteiger charge is -2.30. The van der Waals surface area contributed by atoms with E-state index in [0.717, 1.165) is 34.5 Å². The smallest absolute Gasteiger partial charge is 0.315 e. The first kappa shape index (κ1) is 25.5. The second-order valence-corrected chi connectivity index (χ2v) is 9.83. The number of carbonyl (C=O) groups is 2. The summed E-state index contributed by atoms with van der Waals surface area (Å²) < 4.78 is 2.07. The number of hydrogen-bond donors (Lipinski definition) is 2. The minimum atomic E-state index is -0.277. The highest BCUT2D eigenvalue weighted by Crippen LogP contribution is 2.29. The van der Waals surface area contributed by atoms with Gasteiger partial charge in [-0.3, -0.25) is 4.79 Å². The predicted octanol–water partition coefficient (Wildman–Crippen LogP) is 4.94.